The monoisotopic (exact) mass is 418 g/mol. The molecule has 0 unspecified atom stereocenters. The molecule has 1 amide bonds. The number of amides is 1. The number of furan rings is 1. The first kappa shape index (κ1) is 19.7. The largest absolute Gasteiger partial charge is 0.463 e. The Morgan fingerprint density at radius 3 is 2.73 bits per heavy atom. The number of hydrogen-bond acceptors (Lipinski definition) is 6. The fourth-order valence-corrected chi connectivity index (χ4v) is 3.63. The van der Waals surface area contributed by atoms with Crippen molar-refractivity contribution in [1.82, 2.24) is 15.0 Å². The van der Waals surface area contributed by atoms with Crippen molar-refractivity contribution < 1.29 is 9.21 Å². The third-order valence-electron chi connectivity index (χ3n) is 4.29. The van der Waals surface area contributed by atoms with E-state index in [0.717, 1.165) is 5.56 Å². The van der Waals surface area contributed by atoms with Gasteiger partial charge in [0.15, 0.2) is 5.16 Å². The summed E-state index contributed by atoms with van der Waals surface area (Å²) in [4.78, 5) is 30.0. The van der Waals surface area contributed by atoms with E-state index >= 15 is 0 Å². The van der Waals surface area contributed by atoms with E-state index in [1.165, 1.54) is 28.8 Å². The molecular weight excluding hydrogens is 400 g/mol. The van der Waals surface area contributed by atoms with E-state index in [0.29, 0.717) is 27.5 Å². The number of nitrogens with zero attached hydrogens (tertiary/aromatic N) is 3. The van der Waals surface area contributed by atoms with Gasteiger partial charge in [0.1, 0.15) is 5.76 Å². The van der Waals surface area contributed by atoms with Crippen LogP contribution in [0.2, 0.25) is 0 Å². The highest BCUT2D eigenvalue weighted by molar-refractivity contribution is 7.99. The lowest BCUT2D eigenvalue weighted by Gasteiger charge is -2.13. The predicted octanol–water partition coefficient (Wildman–Crippen LogP) is 3.53. The second kappa shape index (κ2) is 8.79. The van der Waals surface area contributed by atoms with Gasteiger partial charge in [0.2, 0.25) is 0 Å². The second-order valence-corrected chi connectivity index (χ2v) is 7.43. The normalized spacial score (nSPS) is 11.2. The summed E-state index contributed by atoms with van der Waals surface area (Å²) in [6.07, 6.45) is 2.94. The summed E-state index contributed by atoms with van der Waals surface area (Å²) < 4.78 is 6.65. The molecule has 2 heterocycles. The van der Waals surface area contributed by atoms with Gasteiger partial charge in [0, 0.05) is 0 Å². The van der Waals surface area contributed by atoms with Crippen LogP contribution >= 0.6 is 11.8 Å². The Morgan fingerprint density at radius 2 is 1.97 bits per heavy atom. The van der Waals surface area contributed by atoms with E-state index in [1.807, 2.05) is 43.3 Å². The predicted molar refractivity (Wildman–Crippen MR) is 117 cm³/mol. The zero-order valence-corrected chi connectivity index (χ0v) is 16.9. The summed E-state index contributed by atoms with van der Waals surface area (Å²) in [6, 6.07) is 18.2. The number of aryl methyl sites for hydroxylation is 1. The number of thioether (sulfide) groups is 1. The highest BCUT2D eigenvalue weighted by Crippen LogP contribution is 2.21. The first-order valence-corrected chi connectivity index (χ1v) is 10.2. The number of rotatable bonds is 6. The minimum Gasteiger partial charge on any atom is -0.463 e. The highest BCUT2D eigenvalue weighted by Gasteiger charge is 2.14. The molecule has 8 heteroatoms. The molecule has 0 saturated carbocycles. The van der Waals surface area contributed by atoms with Crippen molar-refractivity contribution in [3.63, 3.8) is 0 Å². The summed E-state index contributed by atoms with van der Waals surface area (Å²) in [6.45, 7) is 1.98. The van der Waals surface area contributed by atoms with Crippen molar-refractivity contribution in [2.24, 2.45) is 5.10 Å². The van der Waals surface area contributed by atoms with Crippen molar-refractivity contribution >= 4 is 34.8 Å². The van der Waals surface area contributed by atoms with E-state index < -0.39 is 0 Å². The van der Waals surface area contributed by atoms with Gasteiger partial charge in [-0.1, -0.05) is 41.6 Å². The van der Waals surface area contributed by atoms with Crippen LogP contribution in [-0.2, 0) is 4.79 Å². The van der Waals surface area contributed by atoms with Crippen LogP contribution in [0.3, 0.4) is 0 Å². The summed E-state index contributed by atoms with van der Waals surface area (Å²) in [7, 11) is 0. The topological polar surface area (TPSA) is 89.5 Å². The zero-order chi connectivity index (χ0) is 20.9. The number of hydrazone groups is 1. The maximum atomic E-state index is 13.2. The standard InChI is InChI=1S/C22H18N4O3S/c1-15-8-10-16(11-9-15)26-21(28)18-6-2-3-7-19(18)24-22(26)30-14-20(27)25-23-13-17-5-4-12-29-17/h2-13H,14H2,1H3,(H,25,27)/b23-13-. The Bertz CT molecular complexity index is 1260. The van der Waals surface area contributed by atoms with Crippen LogP contribution in [0.1, 0.15) is 11.3 Å². The van der Waals surface area contributed by atoms with Crippen molar-refractivity contribution in [2.45, 2.75) is 12.1 Å². The lowest BCUT2D eigenvalue weighted by molar-refractivity contribution is -0.118. The molecule has 0 atom stereocenters. The first-order valence-electron chi connectivity index (χ1n) is 9.19. The lowest BCUT2D eigenvalue weighted by atomic mass is 10.2. The van der Waals surface area contributed by atoms with Crippen LogP contribution in [0.4, 0.5) is 0 Å². The summed E-state index contributed by atoms with van der Waals surface area (Å²) in [5, 5.41) is 4.82. The zero-order valence-electron chi connectivity index (χ0n) is 16.1. The quantitative estimate of drug-likeness (QED) is 0.224. The van der Waals surface area contributed by atoms with E-state index in [1.54, 1.807) is 24.3 Å². The maximum Gasteiger partial charge on any atom is 0.266 e. The molecule has 0 bridgehead atoms. The average molecular weight is 418 g/mol. The summed E-state index contributed by atoms with van der Waals surface area (Å²) >= 11 is 1.17. The van der Waals surface area contributed by atoms with E-state index in [-0.39, 0.29) is 17.2 Å². The van der Waals surface area contributed by atoms with Crippen molar-refractivity contribution in [3.05, 3.63) is 88.6 Å². The number of carbonyl (C=O) groups excluding carboxylic acids is 1. The number of fused-ring (bicyclic) bond motifs is 1. The molecule has 0 aliphatic rings. The van der Waals surface area contributed by atoms with Gasteiger partial charge in [-0.3, -0.25) is 14.2 Å². The summed E-state index contributed by atoms with van der Waals surface area (Å²) in [5.41, 5.74) is 4.64. The number of carbonyl (C=O) groups is 1. The fourth-order valence-electron chi connectivity index (χ4n) is 2.83. The molecule has 2 aromatic carbocycles. The molecule has 7 nitrogen and oxygen atoms in total. The third kappa shape index (κ3) is 4.33. The van der Waals surface area contributed by atoms with Crippen molar-refractivity contribution in [1.29, 1.82) is 0 Å². The van der Waals surface area contributed by atoms with Gasteiger partial charge in [0.05, 0.1) is 34.8 Å². The number of nitrogens with one attached hydrogen (secondary N) is 1. The molecular formula is C22H18N4O3S. The molecule has 0 radical (unpaired) electrons. The Kier molecular flexibility index (Phi) is 5.76. The number of aromatic nitrogens is 2. The number of para-hydroxylation sites is 1. The summed E-state index contributed by atoms with van der Waals surface area (Å²) in [5.74, 6) is 0.264. The van der Waals surface area contributed by atoms with Gasteiger partial charge < -0.3 is 4.42 Å². The Labute approximate surface area is 176 Å². The smallest absolute Gasteiger partial charge is 0.266 e. The van der Waals surface area contributed by atoms with Crippen LogP contribution in [0.5, 0.6) is 0 Å². The van der Waals surface area contributed by atoms with Crippen LogP contribution in [-0.4, -0.2) is 27.4 Å². The van der Waals surface area contributed by atoms with Crippen molar-refractivity contribution in [2.75, 3.05) is 5.75 Å². The van der Waals surface area contributed by atoms with Gasteiger partial charge in [-0.2, -0.15) is 5.10 Å². The highest BCUT2D eigenvalue weighted by atomic mass is 32.2. The van der Waals surface area contributed by atoms with Gasteiger partial charge in [0.25, 0.3) is 11.5 Å². The van der Waals surface area contributed by atoms with Crippen LogP contribution < -0.4 is 11.0 Å². The fraction of sp³-hybridized carbons (Fsp3) is 0.0909. The lowest BCUT2D eigenvalue weighted by Crippen LogP contribution is -2.24. The molecule has 0 fully saturated rings. The maximum absolute atomic E-state index is 13.2. The molecule has 0 aliphatic heterocycles. The van der Waals surface area contributed by atoms with E-state index in [4.69, 9.17) is 4.42 Å². The number of benzene rings is 2. The van der Waals surface area contributed by atoms with E-state index in [9.17, 15) is 9.59 Å². The molecule has 4 rings (SSSR count). The SMILES string of the molecule is Cc1ccc(-n2c(SCC(=O)N/N=C\c3ccco3)nc3ccccc3c2=O)cc1. The van der Waals surface area contributed by atoms with E-state index in [2.05, 4.69) is 15.5 Å². The van der Waals surface area contributed by atoms with Crippen molar-refractivity contribution in [3.8, 4) is 5.69 Å². The molecule has 0 spiro atoms. The van der Waals surface area contributed by atoms with Gasteiger partial charge in [-0.05, 0) is 43.3 Å². The molecule has 4 aromatic rings. The van der Waals surface area contributed by atoms with Crippen LogP contribution in [0.25, 0.3) is 16.6 Å². The molecule has 0 saturated heterocycles. The Hall–Kier alpha value is -3.65. The molecule has 0 aliphatic carbocycles. The molecule has 1 N–H and O–H groups in total. The molecule has 2 aromatic heterocycles. The minimum absolute atomic E-state index is 0.0478. The Balaban J connectivity index is 1.60. The van der Waals surface area contributed by atoms with Gasteiger partial charge in [-0.15, -0.1) is 0 Å². The third-order valence-corrected chi connectivity index (χ3v) is 5.23. The van der Waals surface area contributed by atoms with Gasteiger partial charge in [-0.25, -0.2) is 10.4 Å². The van der Waals surface area contributed by atoms with Crippen LogP contribution in [0.15, 0.2) is 86.4 Å². The molecule has 30 heavy (non-hydrogen) atoms. The van der Waals surface area contributed by atoms with Gasteiger partial charge >= 0.3 is 0 Å². The average Bonchev–Trinajstić information content (AvgIpc) is 3.27. The second-order valence-electron chi connectivity index (χ2n) is 6.48. The molecule has 150 valence electrons. The minimum atomic E-state index is -0.319. The first-order chi connectivity index (χ1) is 14.6. The number of hydrogen-bond donors (Lipinski definition) is 1. The van der Waals surface area contributed by atoms with Crippen LogP contribution in [0, 0.1) is 6.92 Å². The Morgan fingerprint density at radius 1 is 1.17 bits per heavy atom.